The highest BCUT2D eigenvalue weighted by Gasteiger charge is 2.16. The largest absolute Gasteiger partial charge is 0.467 e. The number of nitrogens with zero attached hydrogens (tertiary/aromatic N) is 3. The van der Waals surface area contributed by atoms with Gasteiger partial charge in [-0.15, -0.1) is 0 Å². The molecular weight excluding hydrogens is 304 g/mol. The van der Waals surface area contributed by atoms with Crippen LogP contribution in [0.1, 0.15) is 36.7 Å². The van der Waals surface area contributed by atoms with E-state index in [0.717, 1.165) is 0 Å². The minimum atomic E-state index is -0.202. The van der Waals surface area contributed by atoms with Gasteiger partial charge in [0.25, 0.3) is 5.91 Å². The summed E-state index contributed by atoms with van der Waals surface area (Å²) in [6.45, 7) is 6.42. The van der Waals surface area contributed by atoms with Crippen LogP contribution in [-0.4, -0.2) is 37.1 Å². The van der Waals surface area contributed by atoms with Crippen molar-refractivity contribution >= 4 is 17.4 Å². The number of benzene rings is 1. The second-order valence-corrected chi connectivity index (χ2v) is 6.77. The second kappa shape index (κ2) is 6.86. The van der Waals surface area contributed by atoms with Crippen molar-refractivity contribution in [1.82, 2.24) is 9.97 Å². The fourth-order valence-electron chi connectivity index (χ4n) is 2.20. The maximum Gasteiger partial charge on any atom is 0.318 e. The monoisotopic (exact) mass is 328 g/mol. The Hall–Kier alpha value is -2.63. The number of hydrogen-bond donors (Lipinski definition) is 1. The molecule has 0 atom stereocenters. The molecule has 0 aliphatic rings. The van der Waals surface area contributed by atoms with E-state index in [1.807, 2.05) is 38.4 Å². The number of hydrogen-bond acceptors (Lipinski definition) is 5. The van der Waals surface area contributed by atoms with Gasteiger partial charge in [0.2, 0.25) is 0 Å². The zero-order valence-corrected chi connectivity index (χ0v) is 15.0. The van der Waals surface area contributed by atoms with Gasteiger partial charge in [-0.3, -0.25) is 4.79 Å². The molecule has 0 spiro atoms. The Kier molecular flexibility index (Phi) is 5.07. The Morgan fingerprint density at radius 2 is 1.79 bits per heavy atom. The summed E-state index contributed by atoms with van der Waals surface area (Å²) in [7, 11) is 5.19. The van der Waals surface area contributed by atoms with Crippen molar-refractivity contribution in [2.75, 3.05) is 31.4 Å². The summed E-state index contributed by atoms with van der Waals surface area (Å²) in [6.07, 6.45) is 1.54. The number of aromatic nitrogens is 2. The van der Waals surface area contributed by atoms with E-state index in [1.54, 1.807) is 11.1 Å². The minimum Gasteiger partial charge on any atom is -0.467 e. The number of carbonyl (C=O) groups excluding carboxylic acids is 1. The highest BCUT2D eigenvalue weighted by molar-refractivity contribution is 6.05. The van der Waals surface area contributed by atoms with E-state index in [-0.39, 0.29) is 17.3 Å². The number of anilines is 2. The van der Waals surface area contributed by atoms with Crippen LogP contribution in [0.15, 0.2) is 30.5 Å². The van der Waals surface area contributed by atoms with Gasteiger partial charge < -0.3 is 15.0 Å². The summed E-state index contributed by atoms with van der Waals surface area (Å²) in [5, 5.41) is 2.86. The summed E-state index contributed by atoms with van der Waals surface area (Å²) in [4.78, 5) is 22.6. The van der Waals surface area contributed by atoms with Crippen molar-refractivity contribution in [2.45, 2.75) is 26.2 Å². The molecule has 0 aliphatic carbocycles. The minimum absolute atomic E-state index is 0.0525. The van der Waals surface area contributed by atoms with Crippen LogP contribution < -0.4 is 15.0 Å². The molecule has 0 saturated heterocycles. The predicted octanol–water partition coefficient (Wildman–Crippen LogP) is 3.10. The van der Waals surface area contributed by atoms with Gasteiger partial charge in [-0.25, -0.2) is 4.98 Å². The third-order valence-electron chi connectivity index (χ3n) is 3.61. The summed E-state index contributed by atoms with van der Waals surface area (Å²) in [5.41, 5.74) is 2.35. The van der Waals surface area contributed by atoms with Gasteiger partial charge in [-0.1, -0.05) is 32.9 Å². The highest BCUT2D eigenvalue weighted by Crippen LogP contribution is 2.25. The quantitative estimate of drug-likeness (QED) is 0.934. The standard InChI is InChI=1S/C18H24N4O2/c1-18(2,3)13-9-7-12(8-10-13)16(23)20-14-11-19-17(24-6)21-15(14)22(4)5/h7-11H,1-6H3,(H,20,23). The Balaban J connectivity index is 2.23. The molecule has 0 aliphatic heterocycles. The lowest BCUT2D eigenvalue weighted by molar-refractivity contribution is 0.102. The fourth-order valence-corrected chi connectivity index (χ4v) is 2.20. The molecule has 1 amide bonds. The van der Waals surface area contributed by atoms with Gasteiger partial charge in [-0.05, 0) is 23.1 Å². The summed E-state index contributed by atoms with van der Waals surface area (Å²) < 4.78 is 5.03. The lowest BCUT2D eigenvalue weighted by atomic mass is 9.87. The molecule has 6 heteroatoms. The first-order valence-electron chi connectivity index (χ1n) is 7.72. The van der Waals surface area contributed by atoms with Crippen LogP contribution in [0.4, 0.5) is 11.5 Å². The first-order valence-corrected chi connectivity index (χ1v) is 7.72. The number of nitrogens with one attached hydrogen (secondary N) is 1. The SMILES string of the molecule is COc1ncc(NC(=O)c2ccc(C(C)(C)C)cc2)c(N(C)C)n1. The lowest BCUT2D eigenvalue weighted by Crippen LogP contribution is -2.19. The van der Waals surface area contributed by atoms with E-state index in [2.05, 4.69) is 36.1 Å². The van der Waals surface area contributed by atoms with Crippen LogP contribution in [-0.2, 0) is 5.41 Å². The number of carbonyl (C=O) groups is 1. The molecule has 24 heavy (non-hydrogen) atoms. The van der Waals surface area contributed by atoms with E-state index >= 15 is 0 Å². The van der Waals surface area contributed by atoms with Gasteiger partial charge in [0.1, 0.15) is 5.69 Å². The first-order chi connectivity index (χ1) is 11.2. The van der Waals surface area contributed by atoms with E-state index in [4.69, 9.17) is 4.74 Å². The van der Waals surface area contributed by atoms with Crippen LogP contribution in [0.25, 0.3) is 0 Å². The summed E-state index contributed by atoms with van der Waals surface area (Å²) >= 11 is 0. The molecule has 0 unspecified atom stereocenters. The molecule has 1 aromatic carbocycles. The molecule has 2 aromatic rings. The summed E-state index contributed by atoms with van der Waals surface area (Å²) in [6, 6.07) is 7.87. The molecule has 6 nitrogen and oxygen atoms in total. The molecule has 2 rings (SSSR count). The van der Waals surface area contributed by atoms with E-state index in [0.29, 0.717) is 17.1 Å². The third kappa shape index (κ3) is 4.01. The second-order valence-electron chi connectivity index (χ2n) is 6.77. The van der Waals surface area contributed by atoms with Crippen molar-refractivity contribution in [3.05, 3.63) is 41.6 Å². The van der Waals surface area contributed by atoms with Crippen molar-refractivity contribution in [2.24, 2.45) is 0 Å². The normalized spacial score (nSPS) is 11.1. The molecule has 1 heterocycles. The smallest absolute Gasteiger partial charge is 0.318 e. The molecule has 0 fully saturated rings. The van der Waals surface area contributed by atoms with Crippen LogP contribution in [0, 0.1) is 0 Å². The zero-order valence-electron chi connectivity index (χ0n) is 15.0. The molecule has 0 saturated carbocycles. The third-order valence-corrected chi connectivity index (χ3v) is 3.61. The Bertz CT molecular complexity index is 719. The lowest BCUT2D eigenvalue weighted by Gasteiger charge is -2.19. The maximum absolute atomic E-state index is 12.5. The van der Waals surface area contributed by atoms with Crippen molar-refractivity contribution < 1.29 is 9.53 Å². The number of amides is 1. The fraction of sp³-hybridized carbons (Fsp3) is 0.389. The van der Waals surface area contributed by atoms with Crippen LogP contribution in [0.2, 0.25) is 0 Å². The van der Waals surface area contributed by atoms with Crippen molar-refractivity contribution in [3.63, 3.8) is 0 Å². The van der Waals surface area contributed by atoms with Gasteiger partial charge in [0, 0.05) is 19.7 Å². The zero-order chi connectivity index (χ0) is 17.9. The van der Waals surface area contributed by atoms with Crippen LogP contribution >= 0.6 is 0 Å². The molecule has 128 valence electrons. The predicted molar refractivity (Wildman–Crippen MR) is 96.0 cm³/mol. The van der Waals surface area contributed by atoms with Crippen molar-refractivity contribution in [3.8, 4) is 6.01 Å². The van der Waals surface area contributed by atoms with Crippen molar-refractivity contribution in [1.29, 1.82) is 0 Å². The Morgan fingerprint density at radius 3 is 2.29 bits per heavy atom. The highest BCUT2D eigenvalue weighted by atomic mass is 16.5. The Morgan fingerprint density at radius 1 is 1.17 bits per heavy atom. The average Bonchev–Trinajstić information content (AvgIpc) is 2.54. The summed E-state index contributed by atoms with van der Waals surface area (Å²) in [5.74, 6) is 0.383. The van der Waals surface area contributed by atoms with Gasteiger partial charge in [0.05, 0.1) is 13.3 Å². The number of methoxy groups -OCH3 is 1. The number of ether oxygens (including phenoxy) is 1. The molecule has 0 radical (unpaired) electrons. The van der Waals surface area contributed by atoms with E-state index < -0.39 is 0 Å². The molecule has 1 aromatic heterocycles. The molecule has 1 N–H and O–H groups in total. The van der Waals surface area contributed by atoms with Crippen LogP contribution in [0.3, 0.4) is 0 Å². The Labute approximate surface area is 142 Å². The van der Waals surface area contributed by atoms with Crippen LogP contribution in [0.5, 0.6) is 6.01 Å². The number of rotatable bonds is 4. The van der Waals surface area contributed by atoms with Gasteiger partial charge >= 0.3 is 6.01 Å². The molecular formula is C18H24N4O2. The first kappa shape index (κ1) is 17.7. The van der Waals surface area contributed by atoms with Gasteiger partial charge in [0.15, 0.2) is 5.82 Å². The molecule has 0 bridgehead atoms. The van der Waals surface area contributed by atoms with E-state index in [9.17, 15) is 4.79 Å². The van der Waals surface area contributed by atoms with Gasteiger partial charge in [-0.2, -0.15) is 4.98 Å². The maximum atomic E-state index is 12.5. The topological polar surface area (TPSA) is 67.3 Å². The van der Waals surface area contributed by atoms with E-state index in [1.165, 1.54) is 12.7 Å². The average molecular weight is 328 g/mol.